The number of carbonyl (C=O) groups excluding carboxylic acids is 2. The maximum absolute atomic E-state index is 12.6. The van der Waals surface area contributed by atoms with Gasteiger partial charge in [-0.25, -0.2) is 9.97 Å². The van der Waals surface area contributed by atoms with E-state index in [2.05, 4.69) is 15.0 Å². The molecule has 1 aliphatic rings. The number of ether oxygens (including phenoxy) is 2. The van der Waals surface area contributed by atoms with Crippen LogP contribution < -0.4 is 11.5 Å². The number of H-pyrrole nitrogens is 1. The van der Waals surface area contributed by atoms with Gasteiger partial charge in [0.1, 0.15) is 24.5 Å². The van der Waals surface area contributed by atoms with Crippen LogP contribution in [-0.2, 0) is 19.1 Å². The third-order valence-electron chi connectivity index (χ3n) is 6.52. The van der Waals surface area contributed by atoms with Crippen LogP contribution in [0.4, 0.5) is 0 Å². The second-order valence-electron chi connectivity index (χ2n) is 9.59. The number of esters is 2. The van der Waals surface area contributed by atoms with Gasteiger partial charge in [-0.1, -0.05) is 27.7 Å². The lowest BCUT2D eigenvalue weighted by Crippen LogP contribution is -2.43. The summed E-state index contributed by atoms with van der Waals surface area (Å²) in [5.74, 6) is -2.14. The fourth-order valence-electron chi connectivity index (χ4n) is 4.16. The predicted molar refractivity (Wildman–Crippen MR) is 122 cm³/mol. The molecule has 0 aliphatic heterocycles. The Balaban J connectivity index is 1.85. The molecule has 2 aromatic heterocycles. The molecule has 0 spiro atoms. The summed E-state index contributed by atoms with van der Waals surface area (Å²) in [7, 11) is 0. The maximum Gasteiger partial charge on any atom is 0.323 e. The molecule has 0 amide bonds. The molecule has 0 radical (unpaired) electrons. The summed E-state index contributed by atoms with van der Waals surface area (Å²) >= 11 is 0. The van der Waals surface area contributed by atoms with Crippen molar-refractivity contribution >= 4 is 23.0 Å². The number of nitrogens with two attached hydrogens (primary N) is 2. The van der Waals surface area contributed by atoms with E-state index in [0.717, 1.165) is 16.8 Å². The minimum absolute atomic E-state index is 0.0297. The number of carbonyl (C=O) groups is 2. The molecule has 0 saturated heterocycles. The van der Waals surface area contributed by atoms with Gasteiger partial charge in [-0.3, -0.25) is 9.59 Å². The maximum atomic E-state index is 12.6. The normalized spacial score (nSPS) is 24.9. The third-order valence-corrected chi connectivity index (χ3v) is 6.52. The van der Waals surface area contributed by atoms with Gasteiger partial charge >= 0.3 is 11.9 Å². The molecule has 1 saturated carbocycles. The lowest BCUT2D eigenvalue weighted by Gasteiger charge is -2.26. The minimum Gasteiger partial charge on any atom is -0.464 e. The number of nitrogens with zero attached hydrogens (tertiary/aromatic N) is 2. The van der Waals surface area contributed by atoms with Crippen molar-refractivity contribution in [1.29, 1.82) is 0 Å². The third kappa shape index (κ3) is 5.18. The van der Waals surface area contributed by atoms with Gasteiger partial charge in [0.25, 0.3) is 0 Å². The second kappa shape index (κ2) is 10.1. The van der Waals surface area contributed by atoms with E-state index < -0.39 is 42.1 Å². The Morgan fingerprint density at radius 3 is 2.42 bits per heavy atom. The molecule has 0 unspecified atom stereocenters. The Bertz CT molecular complexity index is 991. The highest BCUT2D eigenvalue weighted by Gasteiger charge is 2.47. The summed E-state index contributed by atoms with van der Waals surface area (Å²) in [6.45, 7) is 9.15. The summed E-state index contributed by atoms with van der Waals surface area (Å²) in [4.78, 5) is 36.7. The second-order valence-corrected chi connectivity index (χ2v) is 9.59. The molecule has 10 heteroatoms. The van der Waals surface area contributed by atoms with E-state index in [4.69, 9.17) is 20.9 Å². The van der Waals surface area contributed by atoms with Crippen molar-refractivity contribution in [3.8, 4) is 0 Å². The summed E-state index contributed by atoms with van der Waals surface area (Å²) < 4.78 is 11.1. The Hall–Kier alpha value is -2.56. The van der Waals surface area contributed by atoms with Gasteiger partial charge < -0.3 is 31.0 Å². The lowest BCUT2D eigenvalue weighted by molar-refractivity contribution is -0.162. The highest BCUT2D eigenvalue weighted by atomic mass is 16.6. The first kappa shape index (κ1) is 25.1. The van der Waals surface area contributed by atoms with Gasteiger partial charge in [-0.05, 0) is 25.2 Å². The van der Waals surface area contributed by atoms with Gasteiger partial charge in [-0.15, -0.1) is 0 Å². The monoisotopic (exact) mass is 461 g/mol. The predicted octanol–water partition coefficient (Wildman–Crippen LogP) is 1.15. The van der Waals surface area contributed by atoms with Gasteiger partial charge in [0, 0.05) is 23.6 Å². The van der Waals surface area contributed by atoms with Gasteiger partial charge in [0.05, 0.1) is 29.4 Å². The van der Waals surface area contributed by atoms with Crippen LogP contribution in [0.5, 0.6) is 0 Å². The van der Waals surface area contributed by atoms with E-state index in [1.165, 1.54) is 6.33 Å². The number of aryl methyl sites for hydroxylation is 1. The van der Waals surface area contributed by atoms with E-state index in [-0.39, 0.29) is 24.4 Å². The van der Waals surface area contributed by atoms with E-state index in [1.807, 2.05) is 34.6 Å². The van der Waals surface area contributed by atoms with Gasteiger partial charge in [-0.2, -0.15) is 0 Å². The molecule has 6 N–H and O–H groups in total. The number of hydrogen-bond donors (Lipinski definition) is 4. The molecule has 0 aromatic carbocycles. The number of fused-ring (bicyclic) bond motifs is 1. The van der Waals surface area contributed by atoms with E-state index in [1.54, 1.807) is 6.20 Å². The molecule has 182 valence electrons. The number of aromatic nitrogens is 3. The van der Waals surface area contributed by atoms with Crippen molar-refractivity contribution in [1.82, 2.24) is 15.0 Å². The lowest BCUT2D eigenvalue weighted by atomic mass is 9.96. The Morgan fingerprint density at radius 2 is 1.79 bits per heavy atom. The Labute approximate surface area is 193 Å². The Morgan fingerprint density at radius 1 is 1.15 bits per heavy atom. The summed E-state index contributed by atoms with van der Waals surface area (Å²) in [6, 6.07) is -1.58. The van der Waals surface area contributed by atoms with Crippen molar-refractivity contribution in [2.24, 2.45) is 29.2 Å². The molecule has 33 heavy (non-hydrogen) atoms. The van der Waals surface area contributed by atoms with Crippen molar-refractivity contribution in [2.45, 2.75) is 71.2 Å². The number of rotatable bonds is 8. The van der Waals surface area contributed by atoms with Crippen molar-refractivity contribution in [3.05, 3.63) is 23.8 Å². The fourth-order valence-corrected chi connectivity index (χ4v) is 4.16. The molecule has 2 aromatic rings. The first-order chi connectivity index (χ1) is 15.5. The first-order valence-electron chi connectivity index (χ1n) is 11.4. The SMILES string of the molecule is Cc1ncnc2c([C@@H]3C[C@H](COC(=O)[C@@H](N)C(C)C)[C@@H](OC(=O)[C@@H](N)C(C)C)[C@H]3O)c[nH]c12. The first-order valence-corrected chi connectivity index (χ1v) is 11.4. The molecule has 0 bridgehead atoms. The van der Waals surface area contributed by atoms with Gasteiger partial charge in [0.15, 0.2) is 0 Å². The van der Waals surface area contributed by atoms with Crippen LogP contribution >= 0.6 is 0 Å². The van der Waals surface area contributed by atoms with E-state index >= 15 is 0 Å². The van der Waals surface area contributed by atoms with Gasteiger partial charge in [0.2, 0.25) is 0 Å². The molecule has 1 fully saturated rings. The average Bonchev–Trinajstić information content (AvgIpc) is 3.33. The fraction of sp³-hybridized carbons (Fsp3) is 0.652. The summed E-state index contributed by atoms with van der Waals surface area (Å²) in [5, 5.41) is 11.2. The minimum atomic E-state index is -1.02. The van der Waals surface area contributed by atoms with Crippen molar-refractivity contribution < 1.29 is 24.2 Å². The molecule has 10 nitrogen and oxygen atoms in total. The molecular weight excluding hydrogens is 426 g/mol. The summed E-state index contributed by atoms with van der Waals surface area (Å²) in [6.07, 6.45) is 1.79. The summed E-state index contributed by atoms with van der Waals surface area (Å²) in [5.41, 5.74) is 14.9. The Kier molecular flexibility index (Phi) is 7.71. The molecule has 1 aliphatic carbocycles. The van der Waals surface area contributed by atoms with Crippen LogP contribution in [0.2, 0.25) is 0 Å². The highest BCUT2D eigenvalue weighted by Crippen LogP contribution is 2.43. The average molecular weight is 462 g/mol. The number of nitrogens with one attached hydrogen (secondary N) is 1. The standard InChI is InChI=1S/C23H35N5O5/c1-10(2)16(24)22(30)32-8-13-6-14(15-7-26-18-12(5)27-9-28-19(15)18)20(29)21(13)33-23(31)17(25)11(3)4/h7,9-11,13-14,16-17,20-21,26,29H,6,8,24-25H2,1-5H3/t13-,14+,16+,17+,20+,21-/m1/s1. The zero-order valence-corrected chi connectivity index (χ0v) is 19.8. The van der Waals surface area contributed by atoms with E-state index in [9.17, 15) is 14.7 Å². The smallest absolute Gasteiger partial charge is 0.323 e. The number of aliphatic hydroxyl groups is 1. The number of aliphatic hydroxyl groups excluding tert-OH is 1. The van der Waals surface area contributed by atoms with Crippen LogP contribution in [-0.4, -0.2) is 62.9 Å². The van der Waals surface area contributed by atoms with Crippen LogP contribution in [0.1, 0.15) is 51.3 Å². The van der Waals surface area contributed by atoms with Crippen molar-refractivity contribution in [3.63, 3.8) is 0 Å². The highest BCUT2D eigenvalue weighted by molar-refractivity contribution is 5.81. The zero-order chi connectivity index (χ0) is 24.4. The molecular formula is C23H35N5O5. The van der Waals surface area contributed by atoms with Crippen LogP contribution in [0.25, 0.3) is 11.0 Å². The van der Waals surface area contributed by atoms with E-state index in [0.29, 0.717) is 11.9 Å². The quantitative estimate of drug-likeness (QED) is 0.422. The molecule has 6 atom stereocenters. The van der Waals surface area contributed by atoms with Crippen LogP contribution in [0.3, 0.4) is 0 Å². The number of hydrogen-bond acceptors (Lipinski definition) is 9. The largest absolute Gasteiger partial charge is 0.464 e. The molecule has 3 rings (SSSR count). The zero-order valence-electron chi connectivity index (χ0n) is 19.8. The van der Waals surface area contributed by atoms with Crippen LogP contribution in [0, 0.1) is 24.7 Å². The molecule has 2 heterocycles. The number of aromatic amines is 1. The topological polar surface area (TPSA) is 166 Å². The van der Waals surface area contributed by atoms with Crippen LogP contribution in [0.15, 0.2) is 12.5 Å². The van der Waals surface area contributed by atoms with Crippen molar-refractivity contribution in [2.75, 3.05) is 6.61 Å².